The molecule has 1 aromatic heterocycles. The van der Waals surface area contributed by atoms with Gasteiger partial charge in [0, 0.05) is 26.0 Å². The van der Waals surface area contributed by atoms with Gasteiger partial charge >= 0.3 is 0 Å². The molecule has 1 aromatic carbocycles. The molecule has 1 atom stereocenters. The summed E-state index contributed by atoms with van der Waals surface area (Å²) in [6.45, 7) is 1.48. The molecule has 6 nitrogen and oxygen atoms in total. The van der Waals surface area contributed by atoms with Gasteiger partial charge in [-0.25, -0.2) is 4.39 Å². The lowest BCUT2D eigenvalue weighted by atomic mass is 9.92. The van der Waals surface area contributed by atoms with Gasteiger partial charge in [0.1, 0.15) is 5.75 Å². The molecule has 1 fully saturated rings. The van der Waals surface area contributed by atoms with E-state index in [1.165, 1.54) is 18.3 Å². The first kappa shape index (κ1) is 18.3. The maximum absolute atomic E-state index is 14.2. The van der Waals surface area contributed by atoms with Crippen LogP contribution in [0.1, 0.15) is 18.4 Å². The Morgan fingerprint density at radius 3 is 2.88 bits per heavy atom. The Balaban J connectivity index is 1.55. The zero-order chi connectivity index (χ0) is 18.4. The first-order valence-corrected chi connectivity index (χ1v) is 8.61. The topological polar surface area (TPSA) is 86.5 Å². The van der Waals surface area contributed by atoms with Crippen molar-refractivity contribution in [3.63, 3.8) is 0 Å². The van der Waals surface area contributed by atoms with Gasteiger partial charge in [-0.2, -0.15) is 0 Å². The Kier molecular flexibility index (Phi) is 6.14. The summed E-state index contributed by atoms with van der Waals surface area (Å²) in [5.41, 5.74) is 6.66. The van der Waals surface area contributed by atoms with Gasteiger partial charge in [-0.1, -0.05) is 6.07 Å². The van der Waals surface area contributed by atoms with Crippen LogP contribution in [0.15, 0.2) is 42.7 Å². The van der Waals surface area contributed by atoms with Gasteiger partial charge in [0.05, 0.1) is 12.2 Å². The average molecular weight is 359 g/mol. The number of ether oxygens (including phenoxy) is 2. The number of nitrogens with two attached hydrogens (primary N) is 1. The van der Waals surface area contributed by atoms with E-state index in [1.807, 2.05) is 0 Å². The molecule has 0 radical (unpaired) electrons. The minimum atomic E-state index is -0.572. The number of hydrogen-bond acceptors (Lipinski definition) is 5. The number of aromatic nitrogens is 1. The number of hydrogen-bond donors (Lipinski definition) is 2. The summed E-state index contributed by atoms with van der Waals surface area (Å²) in [7, 11) is 0. The number of carbonyl (C=O) groups is 1. The summed E-state index contributed by atoms with van der Waals surface area (Å²) < 4.78 is 24.9. The molecule has 1 aliphatic heterocycles. The second-order valence-electron chi connectivity index (χ2n) is 6.25. The van der Waals surface area contributed by atoms with E-state index in [9.17, 15) is 9.18 Å². The van der Waals surface area contributed by atoms with E-state index in [2.05, 4.69) is 10.3 Å². The van der Waals surface area contributed by atoms with Crippen LogP contribution in [0.25, 0.3) is 0 Å². The zero-order valence-electron chi connectivity index (χ0n) is 14.4. The first-order valence-electron chi connectivity index (χ1n) is 8.61. The molecule has 1 aliphatic rings. The lowest BCUT2D eigenvalue weighted by Gasteiger charge is -2.26. The third kappa shape index (κ3) is 4.77. The SMILES string of the molecule is NC(C(=O)NCc1ccc(Oc2cccnc2)c(F)c1)C1CCOCC1. The molecule has 2 aromatic rings. The van der Waals surface area contributed by atoms with Crippen LogP contribution in [0.4, 0.5) is 4.39 Å². The Morgan fingerprint density at radius 2 is 2.19 bits per heavy atom. The molecule has 0 spiro atoms. The van der Waals surface area contributed by atoms with Crippen molar-refractivity contribution in [2.24, 2.45) is 11.7 Å². The van der Waals surface area contributed by atoms with Crippen molar-refractivity contribution in [1.82, 2.24) is 10.3 Å². The second-order valence-corrected chi connectivity index (χ2v) is 6.25. The van der Waals surface area contributed by atoms with Crippen molar-refractivity contribution in [3.8, 4) is 11.5 Å². The summed E-state index contributed by atoms with van der Waals surface area (Å²) >= 11 is 0. The average Bonchev–Trinajstić information content (AvgIpc) is 2.69. The molecular weight excluding hydrogens is 337 g/mol. The van der Waals surface area contributed by atoms with Crippen molar-refractivity contribution in [2.75, 3.05) is 13.2 Å². The Hall–Kier alpha value is -2.51. The molecular formula is C19H22FN3O3. The molecule has 2 heterocycles. The normalized spacial score (nSPS) is 16.1. The van der Waals surface area contributed by atoms with E-state index < -0.39 is 11.9 Å². The summed E-state index contributed by atoms with van der Waals surface area (Å²) in [5.74, 6) is -0.0556. The van der Waals surface area contributed by atoms with Crippen LogP contribution in [-0.2, 0) is 16.1 Å². The van der Waals surface area contributed by atoms with Gasteiger partial charge in [0.15, 0.2) is 11.6 Å². The molecule has 0 saturated carbocycles. The molecule has 1 saturated heterocycles. The number of halogens is 1. The summed E-state index contributed by atoms with van der Waals surface area (Å²) in [4.78, 5) is 16.1. The van der Waals surface area contributed by atoms with Crippen LogP contribution < -0.4 is 15.8 Å². The van der Waals surface area contributed by atoms with E-state index in [1.54, 1.807) is 24.4 Å². The fourth-order valence-electron chi connectivity index (χ4n) is 2.87. The van der Waals surface area contributed by atoms with Crippen LogP contribution in [0.5, 0.6) is 11.5 Å². The molecule has 26 heavy (non-hydrogen) atoms. The van der Waals surface area contributed by atoms with Gasteiger partial charge in [-0.15, -0.1) is 0 Å². The van der Waals surface area contributed by atoms with E-state index in [0.717, 1.165) is 12.8 Å². The van der Waals surface area contributed by atoms with Gasteiger partial charge in [0.2, 0.25) is 5.91 Å². The number of benzene rings is 1. The molecule has 3 N–H and O–H groups in total. The van der Waals surface area contributed by atoms with Gasteiger partial charge in [0.25, 0.3) is 0 Å². The van der Waals surface area contributed by atoms with Gasteiger partial charge in [-0.3, -0.25) is 9.78 Å². The van der Waals surface area contributed by atoms with Crippen molar-refractivity contribution in [2.45, 2.75) is 25.4 Å². The number of amides is 1. The van der Waals surface area contributed by atoms with E-state index in [4.69, 9.17) is 15.2 Å². The highest BCUT2D eigenvalue weighted by atomic mass is 19.1. The second kappa shape index (κ2) is 8.73. The number of rotatable bonds is 6. The van der Waals surface area contributed by atoms with Crippen molar-refractivity contribution in [3.05, 3.63) is 54.1 Å². The standard InChI is InChI=1S/C19H22FN3O3/c20-16-10-13(3-4-17(16)26-15-2-1-7-22-12-15)11-23-19(24)18(21)14-5-8-25-9-6-14/h1-4,7,10,12,14,18H,5-6,8-9,11,21H2,(H,23,24). The minimum absolute atomic E-state index is 0.104. The van der Waals surface area contributed by atoms with Gasteiger partial charge < -0.3 is 20.5 Å². The predicted octanol–water partition coefficient (Wildman–Crippen LogP) is 2.38. The highest BCUT2D eigenvalue weighted by Gasteiger charge is 2.26. The fourth-order valence-corrected chi connectivity index (χ4v) is 2.87. The van der Waals surface area contributed by atoms with Crippen LogP contribution in [0, 0.1) is 11.7 Å². The third-order valence-corrected chi connectivity index (χ3v) is 4.40. The van der Waals surface area contributed by atoms with Crippen LogP contribution >= 0.6 is 0 Å². The van der Waals surface area contributed by atoms with Crippen LogP contribution in [-0.4, -0.2) is 30.1 Å². The van der Waals surface area contributed by atoms with Crippen molar-refractivity contribution < 1.29 is 18.7 Å². The maximum atomic E-state index is 14.2. The zero-order valence-corrected chi connectivity index (χ0v) is 14.4. The van der Waals surface area contributed by atoms with E-state index >= 15 is 0 Å². The summed E-state index contributed by atoms with van der Waals surface area (Å²) in [5, 5.41) is 2.77. The quantitative estimate of drug-likeness (QED) is 0.827. The molecule has 0 bridgehead atoms. The number of pyridine rings is 1. The third-order valence-electron chi connectivity index (χ3n) is 4.40. The lowest BCUT2D eigenvalue weighted by molar-refractivity contribution is -0.124. The fraction of sp³-hybridized carbons (Fsp3) is 0.368. The minimum Gasteiger partial charge on any atom is -0.453 e. The first-order chi connectivity index (χ1) is 12.6. The largest absolute Gasteiger partial charge is 0.453 e. The van der Waals surface area contributed by atoms with Crippen LogP contribution in [0.2, 0.25) is 0 Å². The predicted molar refractivity (Wildman–Crippen MR) is 94.1 cm³/mol. The summed E-state index contributed by atoms with van der Waals surface area (Å²) in [6, 6.07) is 7.40. The molecule has 0 aliphatic carbocycles. The van der Waals surface area contributed by atoms with Gasteiger partial charge in [-0.05, 0) is 48.6 Å². The van der Waals surface area contributed by atoms with Crippen LogP contribution in [0.3, 0.4) is 0 Å². The monoisotopic (exact) mass is 359 g/mol. The maximum Gasteiger partial charge on any atom is 0.237 e. The Labute approximate surface area is 151 Å². The number of nitrogens with zero attached hydrogens (tertiary/aromatic N) is 1. The van der Waals surface area contributed by atoms with E-state index in [0.29, 0.717) is 24.5 Å². The molecule has 1 amide bonds. The Morgan fingerprint density at radius 1 is 1.38 bits per heavy atom. The smallest absolute Gasteiger partial charge is 0.237 e. The lowest BCUT2D eigenvalue weighted by Crippen LogP contribution is -2.46. The molecule has 3 rings (SSSR count). The molecule has 7 heteroatoms. The number of nitrogens with one attached hydrogen (secondary N) is 1. The number of carbonyl (C=O) groups excluding carboxylic acids is 1. The molecule has 138 valence electrons. The highest BCUT2D eigenvalue weighted by molar-refractivity contribution is 5.81. The molecule has 1 unspecified atom stereocenters. The highest BCUT2D eigenvalue weighted by Crippen LogP contribution is 2.24. The Bertz CT molecular complexity index is 736. The van der Waals surface area contributed by atoms with Crippen molar-refractivity contribution in [1.29, 1.82) is 0 Å². The van der Waals surface area contributed by atoms with Crippen molar-refractivity contribution >= 4 is 5.91 Å². The summed E-state index contributed by atoms with van der Waals surface area (Å²) in [6.07, 6.45) is 4.68. The van der Waals surface area contributed by atoms with E-state index in [-0.39, 0.29) is 24.1 Å².